The lowest BCUT2D eigenvalue weighted by Crippen LogP contribution is -2.44. The van der Waals surface area contributed by atoms with Crippen molar-refractivity contribution in [3.05, 3.63) is 46.7 Å². The number of piperidine rings is 1. The van der Waals surface area contributed by atoms with Gasteiger partial charge < -0.3 is 10.2 Å². The fourth-order valence-corrected chi connectivity index (χ4v) is 3.83. The maximum absolute atomic E-state index is 13.1. The van der Waals surface area contributed by atoms with Gasteiger partial charge in [-0.25, -0.2) is 4.68 Å². The second kappa shape index (κ2) is 8.78. The highest BCUT2D eigenvalue weighted by Crippen LogP contribution is 2.23. The van der Waals surface area contributed by atoms with Crippen molar-refractivity contribution in [2.75, 3.05) is 13.1 Å². The van der Waals surface area contributed by atoms with Gasteiger partial charge in [-0.15, -0.1) is 0 Å². The van der Waals surface area contributed by atoms with E-state index in [1.165, 1.54) is 0 Å². The first-order valence-corrected chi connectivity index (χ1v) is 10.2. The predicted octanol–water partition coefficient (Wildman–Crippen LogP) is 3.46. The number of hydrogen-bond acceptors (Lipinski definition) is 3. The topological polar surface area (TPSA) is 67.2 Å². The largest absolute Gasteiger partial charge is 0.354 e. The Bertz CT molecular complexity index is 854. The molecular formula is C21H27ClN4O2. The van der Waals surface area contributed by atoms with E-state index >= 15 is 0 Å². The zero-order valence-electron chi connectivity index (χ0n) is 16.6. The van der Waals surface area contributed by atoms with Crippen molar-refractivity contribution >= 4 is 23.4 Å². The number of rotatable bonds is 5. The van der Waals surface area contributed by atoms with Crippen LogP contribution in [-0.2, 0) is 11.2 Å². The highest BCUT2D eigenvalue weighted by atomic mass is 35.5. The molecule has 1 fully saturated rings. The van der Waals surface area contributed by atoms with Crippen molar-refractivity contribution in [1.29, 1.82) is 0 Å². The Morgan fingerprint density at radius 1 is 1.29 bits per heavy atom. The summed E-state index contributed by atoms with van der Waals surface area (Å²) in [6.45, 7) is 7.10. The Labute approximate surface area is 170 Å². The van der Waals surface area contributed by atoms with Gasteiger partial charge in [0, 0.05) is 30.1 Å². The first-order valence-electron chi connectivity index (χ1n) is 9.83. The van der Waals surface area contributed by atoms with Gasteiger partial charge in [-0.05, 0) is 51.3 Å². The van der Waals surface area contributed by atoms with E-state index in [0.717, 1.165) is 11.4 Å². The van der Waals surface area contributed by atoms with Gasteiger partial charge in [0.15, 0.2) is 0 Å². The predicted molar refractivity (Wildman–Crippen MR) is 110 cm³/mol. The van der Waals surface area contributed by atoms with Crippen molar-refractivity contribution in [2.24, 2.45) is 5.92 Å². The van der Waals surface area contributed by atoms with E-state index in [0.29, 0.717) is 42.9 Å². The van der Waals surface area contributed by atoms with Crippen molar-refractivity contribution in [2.45, 2.75) is 46.1 Å². The molecule has 1 aromatic carbocycles. The first kappa shape index (κ1) is 20.4. The Hall–Kier alpha value is -2.34. The summed E-state index contributed by atoms with van der Waals surface area (Å²) in [4.78, 5) is 27.1. The summed E-state index contributed by atoms with van der Waals surface area (Å²) < 4.78 is 1.78. The lowest BCUT2D eigenvalue weighted by atomic mass is 9.95. The fraction of sp³-hybridized carbons (Fsp3) is 0.476. The van der Waals surface area contributed by atoms with Crippen LogP contribution < -0.4 is 5.32 Å². The molecular weight excluding hydrogens is 376 g/mol. The van der Waals surface area contributed by atoms with Crippen molar-refractivity contribution in [3.63, 3.8) is 0 Å². The van der Waals surface area contributed by atoms with Gasteiger partial charge in [-0.3, -0.25) is 9.59 Å². The number of halogens is 1. The van der Waals surface area contributed by atoms with Gasteiger partial charge in [0.1, 0.15) is 0 Å². The molecule has 3 rings (SSSR count). The average Bonchev–Trinajstić information content (AvgIpc) is 3.11. The molecule has 1 aliphatic heterocycles. The van der Waals surface area contributed by atoms with Gasteiger partial charge >= 0.3 is 0 Å². The van der Waals surface area contributed by atoms with Crippen LogP contribution in [0.3, 0.4) is 0 Å². The lowest BCUT2D eigenvalue weighted by molar-refractivity contribution is -0.126. The molecule has 0 spiro atoms. The number of benzene rings is 1. The molecule has 0 aliphatic carbocycles. The number of likely N-dealkylation sites (tertiary alicyclic amines) is 1. The van der Waals surface area contributed by atoms with Crippen LogP contribution in [0.5, 0.6) is 0 Å². The minimum atomic E-state index is -0.0220. The molecule has 6 nitrogen and oxygen atoms in total. The number of hydrogen-bond donors (Lipinski definition) is 1. The van der Waals surface area contributed by atoms with Gasteiger partial charge in [0.25, 0.3) is 5.91 Å². The van der Waals surface area contributed by atoms with Crippen LogP contribution in [0.15, 0.2) is 30.5 Å². The number of carbonyl (C=O) groups is 2. The summed E-state index contributed by atoms with van der Waals surface area (Å²) in [7, 11) is 0. The zero-order chi connectivity index (χ0) is 20.3. The number of carbonyl (C=O) groups excluding carboxylic acids is 2. The van der Waals surface area contributed by atoms with Crippen molar-refractivity contribution < 1.29 is 9.59 Å². The van der Waals surface area contributed by atoms with E-state index in [1.54, 1.807) is 10.9 Å². The molecule has 0 bridgehead atoms. The molecule has 1 N–H and O–H groups in total. The summed E-state index contributed by atoms with van der Waals surface area (Å²) in [5.74, 6) is 0.0456. The fourth-order valence-electron chi connectivity index (χ4n) is 3.64. The van der Waals surface area contributed by atoms with E-state index in [-0.39, 0.29) is 23.8 Å². The highest BCUT2D eigenvalue weighted by Gasteiger charge is 2.29. The molecule has 0 unspecified atom stereocenters. The molecule has 1 aliphatic rings. The van der Waals surface area contributed by atoms with Crippen LogP contribution in [0.2, 0.25) is 5.02 Å². The van der Waals surface area contributed by atoms with Crippen LogP contribution in [0.1, 0.15) is 49.7 Å². The molecule has 1 aromatic heterocycles. The summed E-state index contributed by atoms with van der Waals surface area (Å²) in [5.41, 5.74) is 2.33. The standard InChI is InChI=1S/C21H27ClN4O2/c1-4-19-18(13-23-26(19)17-7-5-6-16(22)12-17)21(28)25-10-8-15(9-11-25)20(27)24-14(2)3/h5-7,12-15H,4,8-11H2,1-3H3,(H,24,27). The highest BCUT2D eigenvalue weighted by molar-refractivity contribution is 6.30. The smallest absolute Gasteiger partial charge is 0.257 e. The molecule has 1 saturated heterocycles. The summed E-state index contributed by atoms with van der Waals surface area (Å²) in [6, 6.07) is 7.57. The number of aromatic nitrogens is 2. The molecule has 2 aromatic rings. The second-order valence-corrected chi connectivity index (χ2v) is 7.92. The van der Waals surface area contributed by atoms with Crippen molar-refractivity contribution in [3.8, 4) is 5.69 Å². The van der Waals surface area contributed by atoms with E-state index in [9.17, 15) is 9.59 Å². The third-order valence-electron chi connectivity index (χ3n) is 5.07. The zero-order valence-corrected chi connectivity index (χ0v) is 17.4. The number of nitrogens with one attached hydrogen (secondary N) is 1. The minimum Gasteiger partial charge on any atom is -0.354 e. The van der Waals surface area contributed by atoms with Crippen molar-refractivity contribution in [1.82, 2.24) is 20.0 Å². The molecule has 28 heavy (non-hydrogen) atoms. The van der Waals surface area contributed by atoms with Gasteiger partial charge in [-0.2, -0.15) is 5.10 Å². The third kappa shape index (κ3) is 4.38. The molecule has 2 amide bonds. The molecule has 0 atom stereocenters. The number of amides is 2. The molecule has 150 valence electrons. The minimum absolute atomic E-state index is 0.0205. The summed E-state index contributed by atoms with van der Waals surface area (Å²) in [6.07, 6.45) is 3.70. The Balaban J connectivity index is 1.73. The van der Waals surface area contributed by atoms with Crippen LogP contribution in [0, 0.1) is 5.92 Å². The summed E-state index contributed by atoms with van der Waals surface area (Å²) >= 11 is 6.10. The van der Waals surface area contributed by atoms with E-state index < -0.39 is 0 Å². The summed E-state index contributed by atoms with van der Waals surface area (Å²) in [5, 5.41) is 8.03. The van der Waals surface area contributed by atoms with E-state index in [4.69, 9.17) is 11.6 Å². The van der Waals surface area contributed by atoms with Gasteiger partial charge in [0.2, 0.25) is 5.91 Å². The molecule has 7 heteroatoms. The van der Waals surface area contributed by atoms with Crippen LogP contribution in [-0.4, -0.2) is 45.6 Å². The van der Waals surface area contributed by atoms with Crippen LogP contribution in [0.25, 0.3) is 5.69 Å². The Kier molecular flexibility index (Phi) is 6.39. The maximum atomic E-state index is 13.1. The molecule has 0 radical (unpaired) electrons. The SMILES string of the molecule is CCc1c(C(=O)N2CCC(C(=O)NC(C)C)CC2)cnn1-c1cccc(Cl)c1. The third-order valence-corrected chi connectivity index (χ3v) is 5.31. The molecule has 0 saturated carbocycles. The van der Waals surface area contributed by atoms with E-state index in [2.05, 4.69) is 10.4 Å². The molecule has 2 heterocycles. The lowest BCUT2D eigenvalue weighted by Gasteiger charge is -2.31. The van der Waals surface area contributed by atoms with Gasteiger partial charge in [0.05, 0.1) is 23.1 Å². The van der Waals surface area contributed by atoms with E-state index in [1.807, 2.05) is 49.9 Å². The van der Waals surface area contributed by atoms with Crippen LogP contribution in [0.4, 0.5) is 0 Å². The quantitative estimate of drug-likeness (QED) is 0.832. The monoisotopic (exact) mass is 402 g/mol. The number of nitrogens with zero attached hydrogens (tertiary/aromatic N) is 3. The Morgan fingerprint density at radius 2 is 2.00 bits per heavy atom. The Morgan fingerprint density at radius 3 is 2.61 bits per heavy atom. The average molecular weight is 403 g/mol. The normalized spacial score (nSPS) is 15.1. The maximum Gasteiger partial charge on any atom is 0.257 e. The second-order valence-electron chi connectivity index (χ2n) is 7.48. The first-order chi connectivity index (χ1) is 13.4. The van der Waals surface area contributed by atoms with Crippen LogP contribution >= 0.6 is 11.6 Å². The van der Waals surface area contributed by atoms with Gasteiger partial charge in [-0.1, -0.05) is 24.6 Å².